The fraction of sp³-hybridized carbons (Fsp3) is 0.389. The second-order valence-corrected chi connectivity index (χ2v) is 9.08. The molecule has 2 N–H and O–H groups in total. The maximum Gasteiger partial charge on any atom is 0.275 e. The number of benzene rings is 1. The topological polar surface area (TPSA) is 74.3 Å². The molecule has 3 aliphatic rings. The maximum absolute atomic E-state index is 12.9. The van der Waals surface area contributed by atoms with Gasteiger partial charge in [0.15, 0.2) is 5.69 Å². The van der Waals surface area contributed by atoms with Gasteiger partial charge >= 0.3 is 0 Å². The highest BCUT2D eigenvalue weighted by Gasteiger charge is 2.55. The van der Waals surface area contributed by atoms with Crippen molar-refractivity contribution >= 4 is 52.2 Å². The first-order valence-electron chi connectivity index (χ1n) is 8.78. The van der Waals surface area contributed by atoms with Crippen molar-refractivity contribution in [1.29, 1.82) is 0 Å². The van der Waals surface area contributed by atoms with Crippen LogP contribution in [0.15, 0.2) is 24.3 Å². The lowest BCUT2D eigenvalue weighted by molar-refractivity contribution is 0.0763. The summed E-state index contributed by atoms with van der Waals surface area (Å²) in [6, 6.07) is 7.52. The van der Waals surface area contributed by atoms with E-state index in [4.69, 9.17) is 23.2 Å². The molecule has 1 saturated carbocycles. The van der Waals surface area contributed by atoms with Gasteiger partial charge in [0.1, 0.15) is 15.0 Å². The van der Waals surface area contributed by atoms with Gasteiger partial charge in [0.25, 0.3) is 11.8 Å². The first-order chi connectivity index (χ1) is 13.0. The predicted octanol–water partition coefficient (Wildman–Crippen LogP) is 3.48. The smallest absolute Gasteiger partial charge is 0.275 e. The molecule has 2 aliphatic heterocycles. The largest absolute Gasteiger partial charge is 0.362 e. The van der Waals surface area contributed by atoms with Crippen LogP contribution in [0.5, 0.6) is 0 Å². The SMILES string of the molecule is O=C1N[C@]2(CC[C@@H]3CN(C(=O)c4nsc(Cl)c4Cl)C[C@@H]32)Nc2ccccc21. The lowest BCUT2D eigenvalue weighted by Crippen LogP contribution is -2.61. The van der Waals surface area contributed by atoms with Crippen LogP contribution in [-0.4, -0.2) is 39.8 Å². The summed E-state index contributed by atoms with van der Waals surface area (Å²) >= 11 is 13.1. The summed E-state index contributed by atoms with van der Waals surface area (Å²) in [5, 5.41) is 6.96. The molecule has 5 rings (SSSR count). The first-order valence-corrected chi connectivity index (χ1v) is 10.3. The van der Waals surface area contributed by atoms with E-state index in [1.807, 2.05) is 24.3 Å². The summed E-state index contributed by atoms with van der Waals surface area (Å²) in [4.78, 5) is 27.3. The van der Waals surface area contributed by atoms with Crippen LogP contribution in [-0.2, 0) is 0 Å². The minimum absolute atomic E-state index is 0.0656. The number of nitrogens with one attached hydrogen (secondary N) is 2. The third-order valence-electron chi connectivity index (χ3n) is 5.94. The molecule has 2 aromatic rings. The lowest BCUT2D eigenvalue weighted by atomic mass is 9.89. The average molecular weight is 423 g/mol. The van der Waals surface area contributed by atoms with Crippen molar-refractivity contribution in [3.8, 4) is 0 Å². The highest BCUT2D eigenvalue weighted by molar-refractivity contribution is 7.11. The van der Waals surface area contributed by atoms with Crippen LogP contribution in [0.3, 0.4) is 0 Å². The minimum Gasteiger partial charge on any atom is -0.362 e. The van der Waals surface area contributed by atoms with Crippen LogP contribution in [0.1, 0.15) is 33.7 Å². The van der Waals surface area contributed by atoms with Crippen molar-refractivity contribution in [3.63, 3.8) is 0 Å². The highest BCUT2D eigenvalue weighted by Crippen LogP contribution is 2.47. The van der Waals surface area contributed by atoms with E-state index in [0.717, 1.165) is 30.1 Å². The molecule has 2 amide bonds. The van der Waals surface area contributed by atoms with E-state index in [1.54, 1.807) is 4.90 Å². The molecule has 1 aromatic carbocycles. The van der Waals surface area contributed by atoms with E-state index in [2.05, 4.69) is 15.0 Å². The van der Waals surface area contributed by atoms with Gasteiger partial charge in [-0.2, -0.15) is 4.37 Å². The number of nitrogens with zero attached hydrogens (tertiary/aromatic N) is 2. The molecule has 0 radical (unpaired) electrons. The molecule has 0 unspecified atom stereocenters. The Morgan fingerprint density at radius 3 is 2.85 bits per heavy atom. The van der Waals surface area contributed by atoms with Gasteiger partial charge in [0.05, 0.1) is 5.56 Å². The number of hydrogen-bond donors (Lipinski definition) is 2. The fourth-order valence-corrected chi connectivity index (χ4v) is 5.66. The van der Waals surface area contributed by atoms with Gasteiger partial charge in [-0.1, -0.05) is 35.3 Å². The van der Waals surface area contributed by atoms with Gasteiger partial charge in [-0.25, -0.2) is 0 Å². The van der Waals surface area contributed by atoms with E-state index < -0.39 is 5.66 Å². The molecule has 6 nitrogen and oxygen atoms in total. The van der Waals surface area contributed by atoms with Crippen LogP contribution in [0, 0.1) is 11.8 Å². The number of likely N-dealkylation sites (tertiary alicyclic amines) is 1. The normalized spacial score (nSPS) is 28.7. The Morgan fingerprint density at radius 2 is 2.07 bits per heavy atom. The van der Waals surface area contributed by atoms with Crippen LogP contribution >= 0.6 is 34.7 Å². The number of halogens is 2. The Bertz CT molecular complexity index is 965. The molecule has 0 bridgehead atoms. The van der Waals surface area contributed by atoms with E-state index in [0.29, 0.717) is 28.9 Å². The fourth-order valence-electron chi connectivity index (χ4n) is 4.67. The molecule has 1 aliphatic carbocycles. The number of para-hydroxylation sites is 1. The van der Waals surface area contributed by atoms with Crippen molar-refractivity contribution in [1.82, 2.24) is 14.6 Å². The summed E-state index contributed by atoms with van der Waals surface area (Å²) in [6.45, 7) is 1.18. The number of carbonyl (C=O) groups is 2. The van der Waals surface area contributed by atoms with Crippen molar-refractivity contribution in [2.75, 3.05) is 18.4 Å². The summed E-state index contributed by atoms with van der Waals surface area (Å²) in [7, 11) is 0. The molecular formula is C18H16Cl2N4O2S. The van der Waals surface area contributed by atoms with Crippen LogP contribution in [0.2, 0.25) is 9.36 Å². The van der Waals surface area contributed by atoms with E-state index in [9.17, 15) is 9.59 Å². The summed E-state index contributed by atoms with van der Waals surface area (Å²) in [6.07, 6.45) is 1.78. The number of amides is 2. The Kier molecular flexibility index (Phi) is 3.90. The van der Waals surface area contributed by atoms with Gasteiger partial charge in [-0.15, -0.1) is 0 Å². The molecule has 2 fully saturated rings. The zero-order chi connectivity index (χ0) is 18.8. The van der Waals surface area contributed by atoms with Crippen LogP contribution < -0.4 is 10.6 Å². The third-order valence-corrected chi connectivity index (χ3v) is 7.55. The second kappa shape index (κ2) is 6.09. The number of fused-ring (bicyclic) bond motifs is 3. The second-order valence-electron chi connectivity index (χ2n) is 7.33. The van der Waals surface area contributed by atoms with Crippen molar-refractivity contribution in [2.24, 2.45) is 11.8 Å². The molecule has 3 heterocycles. The van der Waals surface area contributed by atoms with Gasteiger partial charge in [0.2, 0.25) is 0 Å². The number of anilines is 1. The molecule has 27 heavy (non-hydrogen) atoms. The van der Waals surface area contributed by atoms with Crippen molar-refractivity contribution < 1.29 is 9.59 Å². The lowest BCUT2D eigenvalue weighted by Gasteiger charge is -2.41. The van der Waals surface area contributed by atoms with Gasteiger partial charge in [-0.05, 0) is 42.4 Å². The van der Waals surface area contributed by atoms with Crippen molar-refractivity contribution in [3.05, 3.63) is 44.9 Å². The molecule has 140 valence electrons. The van der Waals surface area contributed by atoms with E-state index >= 15 is 0 Å². The van der Waals surface area contributed by atoms with Gasteiger partial charge in [0, 0.05) is 24.7 Å². The van der Waals surface area contributed by atoms with Crippen LogP contribution in [0.4, 0.5) is 5.69 Å². The van der Waals surface area contributed by atoms with Gasteiger partial charge in [-0.3, -0.25) is 9.59 Å². The molecule has 1 saturated heterocycles. The minimum atomic E-state index is -0.519. The van der Waals surface area contributed by atoms with E-state index in [-0.39, 0.29) is 28.4 Å². The molecule has 1 aromatic heterocycles. The van der Waals surface area contributed by atoms with Gasteiger partial charge < -0.3 is 15.5 Å². The zero-order valence-corrected chi connectivity index (χ0v) is 16.5. The predicted molar refractivity (Wildman–Crippen MR) is 105 cm³/mol. The summed E-state index contributed by atoms with van der Waals surface area (Å²) < 4.78 is 4.43. The Hall–Kier alpha value is -1.83. The standard InChI is InChI=1S/C18H16Cl2N4O2S/c19-13-14(23-27-15(13)20)17(26)24-7-9-5-6-18(11(9)8-24)21-12-4-2-1-3-10(12)16(25)22-18/h1-4,9,11,21H,5-8H2,(H,22,25)/t9-,11+,18+/m1/s1. The van der Waals surface area contributed by atoms with Crippen molar-refractivity contribution in [2.45, 2.75) is 18.5 Å². The summed E-state index contributed by atoms with van der Waals surface area (Å²) in [5.74, 6) is 0.186. The first kappa shape index (κ1) is 17.3. The van der Waals surface area contributed by atoms with Crippen LogP contribution in [0.25, 0.3) is 0 Å². The third kappa shape index (κ3) is 2.56. The van der Waals surface area contributed by atoms with E-state index in [1.165, 1.54) is 0 Å². The summed E-state index contributed by atoms with van der Waals surface area (Å²) in [5.41, 5.74) is 1.20. The average Bonchev–Trinajstić information content (AvgIpc) is 3.32. The number of hydrogen-bond acceptors (Lipinski definition) is 5. The number of carbonyl (C=O) groups excluding carboxylic acids is 2. The highest BCUT2D eigenvalue weighted by atomic mass is 35.5. The Labute approximate surface area is 170 Å². The quantitative estimate of drug-likeness (QED) is 0.737. The maximum atomic E-state index is 12.9. The number of rotatable bonds is 1. The molecule has 3 atom stereocenters. The molecular weight excluding hydrogens is 407 g/mol. The monoisotopic (exact) mass is 422 g/mol. The molecule has 9 heteroatoms. The Balaban J connectivity index is 1.41. The number of aromatic nitrogens is 1. The zero-order valence-electron chi connectivity index (χ0n) is 14.2. The Morgan fingerprint density at radius 1 is 1.26 bits per heavy atom. The molecule has 1 spiro atoms.